The maximum absolute atomic E-state index is 2.31. The highest BCUT2D eigenvalue weighted by atomic mass is 15.3. The van der Waals surface area contributed by atoms with Crippen LogP contribution in [0, 0.1) is 0 Å². The van der Waals surface area contributed by atoms with Gasteiger partial charge in [0, 0.05) is 16.7 Å². The van der Waals surface area contributed by atoms with Crippen molar-refractivity contribution in [3.05, 3.63) is 108 Å². The first-order chi connectivity index (χ1) is 17.3. The largest absolute Gasteiger partial charge is 0.312 e. The lowest BCUT2D eigenvalue weighted by Crippen LogP contribution is -2.46. The molecule has 0 bridgehead atoms. The highest BCUT2D eigenvalue weighted by molar-refractivity contribution is 5.17. The zero-order valence-electron chi connectivity index (χ0n) is 22.2. The van der Waals surface area contributed by atoms with Crippen LogP contribution >= 0.6 is 0 Å². The van der Waals surface area contributed by atoms with Gasteiger partial charge in [0.2, 0.25) is 0 Å². The van der Waals surface area contributed by atoms with Gasteiger partial charge in [-0.15, -0.1) is 0 Å². The molecule has 3 aromatic carbocycles. The first-order valence-corrected chi connectivity index (χ1v) is 14.3. The number of quaternary nitrogens is 1. The molecule has 0 N–H and O–H groups in total. The summed E-state index contributed by atoms with van der Waals surface area (Å²) in [6.45, 7) is 6.79. The standard InChI is InChI=1S/C34H48N/c1-2-3-4-5-6-7-8-9-10-11-21-28-35(29-32-22-15-12-16-23-32,30-33-24-17-13-18-25-33)31-34-26-19-14-20-27-34/h12-20,22-27H,2-11,21,28-31H2,1H3/q+1. The monoisotopic (exact) mass is 470 g/mol. The fraction of sp³-hybridized carbons (Fsp3) is 0.471. The number of benzene rings is 3. The van der Waals surface area contributed by atoms with Gasteiger partial charge in [-0.2, -0.15) is 0 Å². The average Bonchev–Trinajstić information content (AvgIpc) is 2.89. The highest BCUT2D eigenvalue weighted by Crippen LogP contribution is 2.26. The molecule has 0 atom stereocenters. The molecule has 1 heteroatoms. The molecule has 0 aliphatic heterocycles. The van der Waals surface area contributed by atoms with Gasteiger partial charge in [0.05, 0.1) is 6.54 Å². The van der Waals surface area contributed by atoms with E-state index in [-0.39, 0.29) is 0 Å². The Bertz CT molecular complexity index is 786. The van der Waals surface area contributed by atoms with Crippen molar-refractivity contribution in [3.8, 4) is 0 Å². The second-order valence-electron chi connectivity index (χ2n) is 10.5. The fourth-order valence-corrected chi connectivity index (χ4v) is 5.43. The first-order valence-electron chi connectivity index (χ1n) is 14.3. The van der Waals surface area contributed by atoms with Crippen LogP contribution in [0.25, 0.3) is 0 Å². The van der Waals surface area contributed by atoms with Crippen molar-refractivity contribution in [1.29, 1.82) is 0 Å². The van der Waals surface area contributed by atoms with Gasteiger partial charge in [-0.1, -0.05) is 156 Å². The summed E-state index contributed by atoms with van der Waals surface area (Å²) in [7, 11) is 0. The Balaban J connectivity index is 1.60. The quantitative estimate of drug-likeness (QED) is 0.128. The smallest absolute Gasteiger partial charge is 0.105 e. The second-order valence-corrected chi connectivity index (χ2v) is 10.5. The van der Waals surface area contributed by atoms with Crippen molar-refractivity contribution >= 4 is 0 Å². The van der Waals surface area contributed by atoms with Gasteiger partial charge >= 0.3 is 0 Å². The third-order valence-electron chi connectivity index (χ3n) is 7.32. The van der Waals surface area contributed by atoms with Gasteiger partial charge in [0.25, 0.3) is 0 Å². The molecule has 0 aliphatic rings. The molecule has 0 heterocycles. The van der Waals surface area contributed by atoms with E-state index >= 15 is 0 Å². The normalized spacial score (nSPS) is 11.6. The number of unbranched alkanes of at least 4 members (excludes halogenated alkanes) is 10. The predicted octanol–water partition coefficient (Wildman–Crippen LogP) is 9.71. The zero-order chi connectivity index (χ0) is 24.4. The van der Waals surface area contributed by atoms with Crippen LogP contribution in [0.4, 0.5) is 0 Å². The molecule has 0 aliphatic carbocycles. The summed E-state index contributed by atoms with van der Waals surface area (Å²) in [5, 5.41) is 0. The van der Waals surface area contributed by atoms with Crippen LogP contribution in [-0.4, -0.2) is 11.0 Å². The van der Waals surface area contributed by atoms with Gasteiger partial charge in [0.1, 0.15) is 19.6 Å². The number of hydrogen-bond donors (Lipinski definition) is 0. The van der Waals surface area contributed by atoms with E-state index in [9.17, 15) is 0 Å². The summed E-state index contributed by atoms with van der Waals surface area (Å²) < 4.78 is 1.09. The Hall–Kier alpha value is -2.38. The summed E-state index contributed by atoms with van der Waals surface area (Å²) in [4.78, 5) is 0. The lowest BCUT2D eigenvalue weighted by Gasteiger charge is -2.39. The highest BCUT2D eigenvalue weighted by Gasteiger charge is 2.28. The van der Waals surface area contributed by atoms with E-state index in [1.165, 1.54) is 93.9 Å². The third-order valence-corrected chi connectivity index (χ3v) is 7.32. The maximum Gasteiger partial charge on any atom is 0.105 e. The third kappa shape index (κ3) is 10.8. The Kier molecular flexibility index (Phi) is 12.7. The molecule has 0 spiro atoms. The van der Waals surface area contributed by atoms with E-state index in [2.05, 4.69) is 97.9 Å². The summed E-state index contributed by atoms with van der Waals surface area (Å²) >= 11 is 0. The Morgan fingerprint density at radius 3 is 1.06 bits per heavy atom. The fourth-order valence-electron chi connectivity index (χ4n) is 5.43. The van der Waals surface area contributed by atoms with Crippen LogP contribution in [0.2, 0.25) is 0 Å². The van der Waals surface area contributed by atoms with E-state index in [1.54, 1.807) is 0 Å². The summed E-state index contributed by atoms with van der Waals surface area (Å²) in [6, 6.07) is 33.4. The Labute approximate surface area is 215 Å². The maximum atomic E-state index is 2.31. The molecular formula is C34H48N+. The van der Waals surface area contributed by atoms with Crippen molar-refractivity contribution < 1.29 is 4.48 Å². The van der Waals surface area contributed by atoms with Crippen LogP contribution < -0.4 is 0 Å². The van der Waals surface area contributed by atoms with Crippen LogP contribution in [-0.2, 0) is 19.6 Å². The molecule has 1 nitrogen and oxygen atoms in total. The Morgan fingerprint density at radius 1 is 0.400 bits per heavy atom. The zero-order valence-corrected chi connectivity index (χ0v) is 22.2. The molecule has 3 rings (SSSR count). The molecule has 188 valence electrons. The first kappa shape index (κ1) is 27.2. The molecule has 0 amide bonds. The topological polar surface area (TPSA) is 0 Å². The van der Waals surface area contributed by atoms with Crippen LogP contribution in [0.3, 0.4) is 0 Å². The molecule has 0 aromatic heterocycles. The average molecular weight is 471 g/mol. The van der Waals surface area contributed by atoms with E-state index < -0.39 is 0 Å². The minimum absolute atomic E-state index is 1.09. The molecule has 3 aromatic rings. The van der Waals surface area contributed by atoms with Crippen molar-refractivity contribution in [3.63, 3.8) is 0 Å². The summed E-state index contributed by atoms with van der Waals surface area (Å²) in [5.74, 6) is 0. The van der Waals surface area contributed by atoms with Crippen LogP contribution in [0.5, 0.6) is 0 Å². The number of hydrogen-bond acceptors (Lipinski definition) is 0. The van der Waals surface area contributed by atoms with Crippen LogP contribution in [0.15, 0.2) is 91.0 Å². The van der Waals surface area contributed by atoms with Gasteiger partial charge in [-0.3, -0.25) is 0 Å². The van der Waals surface area contributed by atoms with Crippen molar-refractivity contribution in [2.24, 2.45) is 0 Å². The molecule has 0 radical (unpaired) electrons. The minimum Gasteiger partial charge on any atom is -0.312 e. The van der Waals surface area contributed by atoms with Crippen molar-refractivity contribution in [2.75, 3.05) is 6.54 Å². The van der Waals surface area contributed by atoms with Crippen LogP contribution in [0.1, 0.15) is 94.2 Å². The lowest BCUT2D eigenvalue weighted by atomic mass is 10.0. The summed E-state index contributed by atoms with van der Waals surface area (Å²) in [6.07, 6.45) is 15.4. The van der Waals surface area contributed by atoms with Gasteiger partial charge in [-0.05, 0) is 12.8 Å². The second kappa shape index (κ2) is 16.3. The van der Waals surface area contributed by atoms with Gasteiger partial charge < -0.3 is 4.48 Å². The van der Waals surface area contributed by atoms with E-state index in [4.69, 9.17) is 0 Å². The summed E-state index contributed by atoms with van der Waals surface area (Å²) in [5.41, 5.74) is 4.34. The Morgan fingerprint density at radius 2 is 0.714 bits per heavy atom. The molecular weight excluding hydrogens is 422 g/mol. The SMILES string of the molecule is CCCCCCCCCCCCC[N+](Cc1ccccc1)(Cc1ccccc1)Cc1ccccc1. The molecule has 35 heavy (non-hydrogen) atoms. The lowest BCUT2D eigenvalue weighted by molar-refractivity contribution is -0.966. The molecule has 0 saturated heterocycles. The predicted molar refractivity (Wildman–Crippen MR) is 152 cm³/mol. The van der Waals surface area contributed by atoms with Gasteiger partial charge in [0.15, 0.2) is 0 Å². The minimum atomic E-state index is 1.09. The van der Waals surface area contributed by atoms with E-state index in [0.29, 0.717) is 0 Å². The molecule has 0 saturated carbocycles. The van der Waals surface area contributed by atoms with E-state index in [1.807, 2.05) is 0 Å². The van der Waals surface area contributed by atoms with Crippen molar-refractivity contribution in [1.82, 2.24) is 0 Å². The van der Waals surface area contributed by atoms with Gasteiger partial charge in [-0.25, -0.2) is 0 Å². The molecule has 0 unspecified atom stereocenters. The number of nitrogens with zero attached hydrogens (tertiary/aromatic N) is 1. The molecule has 0 fully saturated rings. The van der Waals surface area contributed by atoms with Crippen molar-refractivity contribution in [2.45, 2.75) is 97.2 Å². The number of rotatable bonds is 18. The van der Waals surface area contributed by atoms with E-state index in [0.717, 1.165) is 24.1 Å².